The van der Waals surface area contributed by atoms with Gasteiger partial charge in [-0.05, 0) is 11.1 Å². The lowest BCUT2D eigenvalue weighted by molar-refractivity contribution is -0.385. The van der Waals surface area contributed by atoms with Crippen LogP contribution in [-0.2, 0) is 16.2 Å². The van der Waals surface area contributed by atoms with E-state index in [9.17, 15) is 35.5 Å². The van der Waals surface area contributed by atoms with Crippen LogP contribution in [0.25, 0.3) is 11.2 Å². The van der Waals surface area contributed by atoms with Gasteiger partial charge in [0, 0.05) is 35.8 Å². The van der Waals surface area contributed by atoms with Crippen LogP contribution in [0.5, 0.6) is 0 Å². The molecule has 4 unspecified atom stereocenters. The second kappa shape index (κ2) is 11.9. The van der Waals surface area contributed by atoms with Gasteiger partial charge in [0.05, 0.1) is 16.5 Å². The van der Waals surface area contributed by atoms with Crippen molar-refractivity contribution >= 4 is 52.0 Å². The number of rotatable bonds is 10. The quantitative estimate of drug-likeness (QED) is 0.0886. The number of hydrogen-bond donors (Lipinski definition) is 4. The van der Waals surface area contributed by atoms with Crippen LogP contribution < -0.4 is 5.73 Å². The van der Waals surface area contributed by atoms with Gasteiger partial charge in [-0.25, -0.2) is 9.97 Å². The van der Waals surface area contributed by atoms with Crippen molar-refractivity contribution < 1.29 is 29.9 Å². The number of ether oxygens (including phenoxy) is 1. The van der Waals surface area contributed by atoms with Gasteiger partial charge in [0.2, 0.25) is 5.95 Å². The van der Waals surface area contributed by atoms with Crippen LogP contribution in [0.3, 0.4) is 0 Å². The summed E-state index contributed by atoms with van der Waals surface area (Å²) in [6, 6.07) is 12.1. The number of nitrogens with two attached hydrogens (primary N) is 1. The molecular weight excluding hydrogens is 578 g/mol. The Morgan fingerprint density at radius 3 is 1.95 bits per heavy atom. The summed E-state index contributed by atoms with van der Waals surface area (Å²) in [7, 11) is 0. The minimum atomic E-state index is -1.42. The zero-order valence-electron chi connectivity index (χ0n) is 21.0. The van der Waals surface area contributed by atoms with E-state index >= 15 is 0 Å². The maximum atomic E-state index is 11.0. The second-order valence-corrected chi connectivity index (χ2v) is 10.9. The Bertz CT molecular complexity index is 1590. The number of imidazole rings is 1. The molecule has 214 valence electrons. The zero-order valence-corrected chi connectivity index (χ0v) is 22.6. The monoisotopic (exact) mass is 601 g/mol. The fourth-order valence-electron chi connectivity index (χ4n) is 4.20. The number of anilines is 1. The lowest BCUT2D eigenvalue weighted by atomic mass is 10.1. The lowest BCUT2D eigenvalue weighted by Gasteiger charge is -2.19. The fraction of sp³-hybridized carbons (Fsp3) is 0.292. The largest absolute Gasteiger partial charge is 0.394 e. The molecular formula is C24H23N7O8S2. The molecule has 15 nitrogen and oxygen atoms in total. The van der Waals surface area contributed by atoms with Crippen molar-refractivity contribution in [2.75, 3.05) is 12.3 Å². The van der Waals surface area contributed by atoms with Gasteiger partial charge in [-0.1, -0.05) is 47.8 Å². The fourth-order valence-corrected chi connectivity index (χ4v) is 6.10. The Morgan fingerprint density at radius 2 is 1.44 bits per heavy atom. The molecule has 4 atom stereocenters. The van der Waals surface area contributed by atoms with E-state index in [1.807, 2.05) is 0 Å². The Kier molecular flexibility index (Phi) is 8.34. The van der Waals surface area contributed by atoms with Crippen molar-refractivity contribution in [1.29, 1.82) is 0 Å². The van der Waals surface area contributed by atoms with Crippen LogP contribution in [0.15, 0.2) is 58.7 Å². The number of aliphatic hydroxyl groups is 3. The van der Waals surface area contributed by atoms with Crippen LogP contribution in [0, 0.1) is 20.2 Å². The van der Waals surface area contributed by atoms with Crippen LogP contribution in [0.1, 0.15) is 17.4 Å². The summed E-state index contributed by atoms with van der Waals surface area (Å²) in [6.45, 7) is -0.528. The van der Waals surface area contributed by atoms with E-state index in [0.29, 0.717) is 27.2 Å². The predicted molar refractivity (Wildman–Crippen MR) is 148 cm³/mol. The number of aromatic nitrogens is 4. The first-order valence-electron chi connectivity index (χ1n) is 12.1. The summed E-state index contributed by atoms with van der Waals surface area (Å²) in [5, 5.41) is 53.5. The average molecular weight is 602 g/mol. The van der Waals surface area contributed by atoms with Crippen molar-refractivity contribution in [3.8, 4) is 0 Å². The number of nitro groups is 2. The minimum absolute atomic E-state index is 0.0284. The number of nitro benzene ring substituents is 2. The number of nitrogens with zero attached hydrogens (tertiary/aromatic N) is 6. The summed E-state index contributed by atoms with van der Waals surface area (Å²) < 4.78 is 7.27. The standard InChI is InChI=1S/C24H23N7O8S2/c25-23-27-20-17(21(28-23)40-10-12-1-5-14(6-2-12)30(35)36)26-24(29(20)22-19(34)18(33)16(9-32)39-22)41-11-13-3-7-15(8-4-13)31(37)38/h1-8,16,18-19,22,32-34H,9-11H2,(H2,25,27,28). The third-order valence-corrected chi connectivity index (χ3v) is 8.36. The van der Waals surface area contributed by atoms with Crippen molar-refractivity contribution in [2.45, 2.75) is 46.2 Å². The number of fused-ring (bicyclic) bond motifs is 1. The summed E-state index contributed by atoms with van der Waals surface area (Å²) in [5.41, 5.74) is 8.09. The highest BCUT2D eigenvalue weighted by atomic mass is 32.2. The number of benzene rings is 2. The molecule has 17 heteroatoms. The Morgan fingerprint density at radius 1 is 0.878 bits per heavy atom. The van der Waals surface area contributed by atoms with E-state index in [1.165, 1.54) is 52.4 Å². The first-order chi connectivity index (χ1) is 19.7. The maximum absolute atomic E-state index is 11.0. The molecule has 0 amide bonds. The SMILES string of the molecule is Nc1nc(SCc2ccc([N+](=O)[O-])cc2)c2nc(SCc3ccc([N+](=O)[O-])cc3)n(C3OC(CO)C(O)C3O)c2n1. The number of nitrogen functional groups attached to an aromatic ring is 1. The number of hydrogen-bond acceptors (Lipinski definition) is 14. The van der Waals surface area contributed by atoms with Crippen molar-refractivity contribution in [3.63, 3.8) is 0 Å². The summed E-state index contributed by atoms with van der Waals surface area (Å²) in [4.78, 5) is 34.4. The predicted octanol–water partition coefficient (Wildman–Crippen LogP) is 2.42. The molecule has 3 heterocycles. The van der Waals surface area contributed by atoms with E-state index in [2.05, 4.69) is 9.97 Å². The van der Waals surface area contributed by atoms with Crippen molar-refractivity contribution in [1.82, 2.24) is 19.5 Å². The third-order valence-electron chi connectivity index (χ3n) is 6.30. The molecule has 5 rings (SSSR count). The number of non-ortho nitro benzene ring substituents is 2. The van der Waals surface area contributed by atoms with E-state index in [4.69, 9.17) is 15.5 Å². The molecule has 5 N–H and O–H groups in total. The molecule has 1 saturated heterocycles. The molecule has 41 heavy (non-hydrogen) atoms. The van der Waals surface area contributed by atoms with Crippen LogP contribution >= 0.6 is 23.5 Å². The van der Waals surface area contributed by atoms with Gasteiger partial charge in [-0.3, -0.25) is 24.8 Å². The molecule has 0 aliphatic carbocycles. The highest BCUT2D eigenvalue weighted by molar-refractivity contribution is 7.98. The zero-order chi connectivity index (χ0) is 29.3. The summed E-state index contributed by atoms with van der Waals surface area (Å²) in [6.07, 6.45) is -5.00. The van der Waals surface area contributed by atoms with Gasteiger partial charge >= 0.3 is 0 Å². The molecule has 4 aromatic rings. The highest BCUT2D eigenvalue weighted by Crippen LogP contribution is 2.39. The highest BCUT2D eigenvalue weighted by Gasteiger charge is 2.45. The van der Waals surface area contributed by atoms with Crippen molar-refractivity contribution in [3.05, 3.63) is 79.9 Å². The van der Waals surface area contributed by atoms with E-state index < -0.39 is 41.0 Å². The molecule has 1 aliphatic rings. The Balaban J connectivity index is 1.50. The first kappa shape index (κ1) is 28.7. The molecule has 2 aromatic heterocycles. The maximum Gasteiger partial charge on any atom is 0.269 e. The molecule has 1 aliphatic heterocycles. The second-order valence-electron chi connectivity index (χ2n) is 8.98. The topological polar surface area (TPSA) is 226 Å². The Hall–Kier alpha value is -3.87. The van der Waals surface area contributed by atoms with Gasteiger partial charge in [0.15, 0.2) is 17.0 Å². The van der Waals surface area contributed by atoms with Gasteiger partial charge in [-0.15, -0.1) is 0 Å². The van der Waals surface area contributed by atoms with Gasteiger partial charge < -0.3 is 25.8 Å². The number of thioether (sulfide) groups is 2. The number of aliphatic hydroxyl groups excluding tert-OH is 3. The van der Waals surface area contributed by atoms with Crippen LogP contribution in [0.4, 0.5) is 17.3 Å². The van der Waals surface area contributed by atoms with E-state index in [-0.39, 0.29) is 23.0 Å². The van der Waals surface area contributed by atoms with Crippen LogP contribution in [0.2, 0.25) is 0 Å². The van der Waals surface area contributed by atoms with E-state index in [0.717, 1.165) is 11.1 Å². The molecule has 0 bridgehead atoms. The summed E-state index contributed by atoms with van der Waals surface area (Å²) >= 11 is 2.52. The van der Waals surface area contributed by atoms with Gasteiger partial charge in [-0.2, -0.15) is 4.98 Å². The van der Waals surface area contributed by atoms with E-state index in [1.54, 1.807) is 24.3 Å². The van der Waals surface area contributed by atoms with Gasteiger partial charge in [0.25, 0.3) is 11.4 Å². The molecule has 0 spiro atoms. The molecule has 0 radical (unpaired) electrons. The van der Waals surface area contributed by atoms with Crippen molar-refractivity contribution in [2.24, 2.45) is 0 Å². The third kappa shape index (κ3) is 5.95. The van der Waals surface area contributed by atoms with Gasteiger partial charge in [0.1, 0.15) is 28.9 Å². The first-order valence-corrected chi connectivity index (χ1v) is 14.0. The smallest absolute Gasteiger partial charge is 0.269 e. The van der Waals surface area contributed by atoms with Crippen LogP contribution in [-0.4, -0.2) is 69.6 Å². The average Bonchev–Trinajstić information content (AvgIpc) is 3.46. The lowest BCUT2D eigenvalue weighted by Crippen LogP contribution is -2.33. The Labute approximate surface area is 239 Å². The summed E-state index contributed by atoms with van der Waals surface area (Å²) in [5.74, 6) is 0.642. The molecule has 0 saturated carbocycles. The normalized spacial score (nSPS) is 20.5. The minimum Gasteiger partial charge on any atom is -0.394 e. The molecule has 1 fully saturated rings. The molecule has 2 aromatic carbocycles.